The van der Waals surface area contributed by atoms with Gasteiger partial charge >= 0.3 is 0 Å². The number of carbonyl (C=O) groups is 1. The third kappa shape index (κ3) is 3.30. The highest BCUT2D eigenvalue weighted by Crippen LogP contribution is 2.33. The van der Waals surface area contributed by atoms with Crippen LogP contribution in [0.25, 0.3) is 0 Å². The lowest BCUT2D eigenvalue weighted by molar-refractivity contribution is 0.0934. The zero-order valence-electron chi connectivity index (χ0n) is 11.7. The molecule has 2 N–H and O–H groups in total. The number of aromatic nitrogens is 4. The van der Waals surface area contributed by atoms with Crippen molar-refractivity contribution in [3.8, 4) is 11.5 Å². The van der Waals surface area contributed by atoms with E-state index in [1.807, 2.05) is 0 Å². The minimum Gasteiger partial charge on any atom is -0.497 e. The number of amides is 1. The van der Waals surface area contributed by atoms with Crippen LogP contribution in [-0.2, 0) is 0 Å². The number of nitrogens with one attached hydrogen (secondary N) is 2. The highest BCUT2D eigenvalue weighted by atomic mass is 79.9. The van der Waals surface area contributed by atoms with E-state index >= 15 is 0 Å². The van der Waals surface area contributed by atoms with E-state index in [0.717, 1.165) is 0 Å². The number of hydrogen-bond donors (Lipinski definition) is 2. The number of benzene rings is 1. The van der Waals surface area contributed by atoms with Gasteiger partial charge in [0, 0.05) is 0 Å². The van der Waals surface area contributed by atoms with E-state index < -0.39 is 6.04 Å². The fourth-order valence-corrected chi connectivity index (χ4v) is 2.36. The third-order valence-corrected chi connectivity index (χ3v) is 3.39. The standard InChI is InChI=1S/C12H14BrN5O3/c1-6(11-15-17-18-16-11)14-12(19)8-4-7(20-2)5-9(13)10(8)21-3/h4-6H,1-3H3,(H,14,19)(H,15,16,17,18). The van der Waals surface area contributed by atoms with Crippen LogP contribution in [0, 0.1) is 0 Å². The molecule has 0 fully saturated rings. The lowest BCUT2D eigenvalue weighted by atomic mass is 10.1. The van der Waals surface area contributed by atoms with E-state index in [0.29, 0.717) is 27.4 Å². The lowest BCUT2D eigenvalue weighted by Gasteiger charge is -2.14. The van der Waals surface area contributed by atoms with Crippen molar-refractivity contribution in [3.05, 3.63) is 28.0 Å². The molecule has 21 heavy (non-hydrogen) atoms. The molecule has 0 radical (unpaired) electrons. The maximum absolute atomic E-state index is 12.4. The van der Waals surface area contributed by atoms with Gasteiger partial charge in [-0.25, -0.2) is 0 Å². The Hall–Kier alpha value is -2.16. The second-order valence-electron chi connectivity index (χ2n) is 4.16. The fraction of sp³-hybridized carbons (Fsp3) is 0.333. The molecule has 0 aliphatic heterocycles. The summed E-state index contributed by atoms with van der Waals surface area (Å²) >= 11 is 3.35. The van der Waals surface area contributed by atoms with Gasteiger partial charge in [0.2, 0.25) is 0 Å². The molecule has 0 spiro atoms. The van der Waals surface area contributed by atoms with E-state index in [2.05, 4.69) is 41.9 Å². The summed E-state index contributed by atoms with van der Waals surface area (Å²) in [6.07, 6.45) is 0. The second-order valence-corrected chi connectivity index (χ2v) is 5.01. The third-order valence-electron chi connectivity index (χ3n) is 2.80. The molecule has 1 unspecified atom stereocenters. The Morgan fingerprint density at radius 1 is 1.38 bits per heavy atom. The lowest BCUT2D eigenvalue weighted by Crippen LogP contribution is -2.28. The summed E-state index contributed by atoms with van der Waals surface area (Å²) < 4.78 is 11.0. The molecular formula is C12H14BrN5O3. The van der Waals surface area contributed by atoms with E-state index in [4.69, 9.17) is 9.47 Å². The normalized spacial score (nSPS) is 11.8. The van der Waals surface area contributed by atoms with Crippen LogP contribution in [-0.4, -0.2) is 40.8 Å². The summed E-state index contributed by atoms with van der Waals surface area (Å²) in [7, 11) is 3.02. The van der Waals surface area contributed by atoms with Crippen LogP contribution >= 0.6 is 15.9 Å². The van der Waals surface area contributed by atoms with Crippen molar-refractivity contribution < 1.29 is 14.3 Å². The molecule has 1 aromatic carbocycles. The van der Waals surface area contributed by atoms with E-state index in [1.54, 1.807) is 19.1 Å². The number of hydrogen-bond acceptors (Lipinski definition) is 6. The number of methoxy groups -OCH3 is 2. The first-order valence-corrected chi connectivity index (χ1v) is 6.81. The largest absolute Gasteiger partial charge is 0.497 e. The predicted octanol–water partition coefficient (Wildman–Crippen LogP) is 1.47. The quantitative estimate of drug-likeness (QED) is 0.841. The Morgan fingerprint density at radius 2 is 2.14 bits per heavy atom. The van der Waals surface area contributed by atoms with Gasteiger partial charge in [-0.15, -0.1) is 10.2 Å². The van der Waals surface area contributed by atoms with Gasteiger partial charge in [0.05, 0.1) is 30.3 Å². The average Bonchev–Trinajstić information content (AvgIpc) is 3.00. The molecule has 112 valence electrons. The smallest absolute Gasteiger partial charge is 0.255 e. The van der Waals surface area contributed by atoms with Crippen molar-refractivity contribution in [3.63, 3.8) is 0 Å². The number of H-pyrrole nitrogens is 1. The first-order valence-electron chi connectivity index (χ1n) is 6.02. The van der Waals surface area contributed by atoms with Crippen LogP contribution in [0.5, 0.6) is 11.5 Å². The SMILES string of the molecule is COc1cc(Br)c(OC)c(C(=O)NC(C)c2nn[nH]n2)c1. The molecule has 1 atom stereocenters. The zero-order chi connectivity index (χ0) is 15.4. The van der Waals surface area contributed by atoms with Gasteiger partial charge in [-0.2, -0.15) is 5.21 Å². The van der Waals surface area contributed by atoms with Crippen LogP contribution in [0.15, 0.2) is 16.6 Å². The van der Waals surface area contributed by atoms with Gasteiger partial charge in [-0.3, -0.25) is 4.79 Å². The maximum atomic E-state index is 12.4. The number of rotatable bonds is 5. The zero-order valence-corrected chi connectivity index (χ0v) is 13.3. The summed E-state index contributed by atoms with van der Waals surface area (Å²) in [6, 6.07) is 2.92. The molecular weight excluding hydrogens is 342 g/mol. The van der Waals surface area contributed by atoms with Crippen LogP contribution in [0.4, 0.5) is 0 Å². The van der Waals surface area contributed by atoms with Gasteiger partial charge < -0.3 is 14.8 Å². The molecule has 0 bridgehead atoms. The van der Waals surface area contributed by atoms with Crippen LogP contribution in [0.2, 0.25) is 0 Å². The molecule has 2 aromatic rings. The number of ether oxygens (including phenoxy) is 2. The Morgan fingerprint density at radius 3 is 2.71 bits per heavy atom. The van der Waals surface area contributed by atoms with Crippen LogP contribution < -0.4 is 14.8 Å². The second kappa shape index (κ2) is 6.53. The first-order chi connectivity index (χ1) is 10.1. The minimum atomic E-state index is -0.397. The number of tetrazole rings is 1. The molecule has 0 saturated heterocycles. The van der Waals surface area contributed by atoms with Gasteiger partial charge in [-0.05, 0) is 35.0 Å². The van der Waals surface area contributed by atoms with Gasteiger partial charge in [-0.1, -0.05) is 5.21 Å². The predicted molar refractivity (Wildman–Crippen MR) is 77.3 cm³/mol. The van der Waals surface area contributed by atoms with Crippen LogP contribution in [0.3, 0.4) is 0 Å². The van der Waals surface area contributed by atoms with Gasteiger partial charge in [0.25, 0.3) is 5.91 Å². The van der Waals surface area contributed by atoms with E-state index in [-0.39, 0.29) is 5.91 Å². The molecule has 9 heteroatoms. The molecule has 1 aromatic heterocycles. The monoisotopic (exact) mass is 355 g/mol. The van der Waals surface area contributed by atoms with E-state index in [1.165, 1.54) is 14.2 Å². The van der Waals surface area contributed by atoms with Crippen LogP contribution in [0.1, 0.15) is 29.1 Å². The highest BCUT2D eigenvalue weighted by molar-refractivity contribution is 9.10. The molecule has 0 aliphatic carbocycles. The number of nitrogens with zero attached hydrogens (tertiary/aromatic N) is 3. The van der Waals surface area contributed by atoms with Crippen molar-refractivity contribution in [2.45, 2.75) is 13.0 Å². The number of carbonyl (C=O) groups excluding carboxylic acids is 1. The van der Waals surface area contributed by atoms with Gasteiger partial charge in [0.15, 0.2) is 5.82 Å². The Balaban J connectivity index is 2.27. The molecule has 1 amide bonds. The van der Waals surface area contributed by atoms with Crippen molar-refractivity contribution in [2.24, 2.45) is 0 Å². The first kappa shape index (κ1) is 15.2. The summed E-state index contributed by atoms with van der Waals surface area (Å²) in [5.74, 6) is 1.03. The molecule has 0 aliphatic rings. The van der Waals surface area contributed by atoms with Crippen molar-refractivity contribution >= 4 is 21.8 Å². The molecule has 2 rings (SSSR count). The summed E-state index contributed by atoms with van der Waals surface area (Å²) in [5, 5.41) is 16.2. The fourth-order valence-electron chi connectivity index (χ4n) is 1.75. The Kier molecular flexibility index (Phi) is 4.73. The maximum Gasteiger partial charge on any atom is 0.255 e. The van der Waals surface area contributed by atoms with Crippen molar-refractivity contribution in [1.29, 1.82) is 0 Å². The number of aromatic amines is 1. The summed E-state index contributed by atoms with van der Waals surface area (Å²) in [5.41, 5.74) is 0.346. The Bertz CT molecular complexity index is 632. The topological polar surface area (TPSA) is 102 Å². The number of halogens is 1. The van der Waals surface area contributed by atoms with Crippen molar-refractivity contribution in [1.82, 2.24) is 25.9 Å². The molecule has 0 saturated carbocycles. The minimum absolute atomic E-state index is 0.330. The molecule has 1 heterocycles. The Labute approximate surface area is 129 Å². The molecule has 8 nitrogen and oxygen atoms in total. The summed E-state index contributed by atoms with van der Waals surface area (Å²) in [6.45, 7) is 1.75. The van der Waals surface area contributed by atoms with Gasteiger partial charge in [0.1, 0.15) is 11.5 Å². The average molecular weight is 356 g/mol. The van der Waals surface area contributed by atoms with Crippen molar-refractivity contribution in [2.75, 3.05) is 14.2 Å². The van der Waals surface area contributed by atoms with E-state index in [9.17, 15) is 4.79 Å². The summed E-state index contributed by atoms with van der Waals surface area (Å²) in [4.78, 5) is 12.4. The highest BCUT2D eigenvalue weighted by Gasteiger charge is 2.20.